The summed E-state index contributed by atoms with van der Waals surface area (Å²) in [5, 5.41) is 13.5. The van der Waals surface area contributed by atoms with Crippen LogP contribution >= 0.6 is 0 Å². The van der Waals surface area contributed by atoms with Gasteiger partial charge < -0.3 is 43.0 Å². The van der Waals surface area contributed by atoms with Crippen LogP contribution in [0.4, 0.5) is 0 Å². The molecule has 11 nitrogen and oxygen atoms in total. The van der Waals surface area contributed by atoms with Crippen molar-refractivity contribution in [1.29, 1.82) is 0 Å². The summed E-state index contributed by atoms with van der Waals surface area (Å²) in [5.41, 5.74) is 0.294. The molecule has 1 N–H and O–H groups in total. The first-order valence-corrected chi connectivity index (χ1v) is 24.8. The molecule has 4 aromatic carbocycles. The van der Waals surface area contributed by atoms with E-state index in [9.17, 15) is 9.90 Å². The van der Waals surface area contributed by atoms with E-state index in [-0.39, 0.29) is 37.9 Å². The van der Waals surface area contributed by atoms with Gasteiger partial charge in [-0.3, -0.25) is 9.59 Å². The number of rotatable bonds is 15. The van der Waals surface area contributed by atoms with E-state index in [4.69, 9.17) is 37.9 Å². The third-order valence-corrected chi connectivity index (χ3v) is 13.3. The molecule has 11 heteroatoms. The van der Waals surface area contributed by atoms with Crippen molar-refractivity contribution in [2.75, 3.05) is 0 Å². The minimum atomic E-state index is -2.63. The molecule has 362 valence electrons. The molecule has 11 atom stereocenters. The largest absolute Gasteiger partial charge is 0.456 e. The van der Waals surface area contributed by atoms with Gasteiger partial charge in [0.2, 0.25) is 11.4 Å². The lowest BCUT2D eigenvalue weighted by Gasteiger charge is -2.52. The number of fused-ring (bicyclic) bond motifs is 3. The number of aliphatic hydroxyl groups is 1. The minimum absolute atomic E-state index is 0.105. The molecular formula is C56H72O11. The highest BCUT2D eigenvalue weighted by molar-refractivity contribution is 6.03. The van der Waals surface area contributed by atoms with Crippen LogP contribution in [-0.2, 0) is 62.5 Å². The quantitative estimate of drug-likeness (QED) is 0.0695. The zero-order valence-electron chi connectivity index (χ0n) is 39.7. The molecule has 0 aromatic heterocycles. The molecular weight excluding hydrogens is 849 g/mol. The Kier molecular flexibility index (Phi) is 19.5. The van der Waals surface area contributed by atoms with Crippen molar-refractivity contribution in [1.82, 2.24) is 0 Å². The summed E-state index contributed by atoms with van der Waals surface area (Å²) >= 11 is 0. The molecule has 3 saturated heterocycles. The van der Waals surface area contributed by atoms with Gasteiger partial charge in [-0.05, 0) is 49.8 Å². The van der Waals surface area contributed by atoms with Gasteiger partial charge in [-0.2, -0.15) is 0 Å². The number of ketones is 1. The van der Waals surface area contributed by atoms with Gasteiger partial charge in [0, 0.05) is 12.0 Å². The zero-order valence-corrected chi connectivity index (χ0v) is 39.7. The molecule has 1 unspecified atom stereocenters. The van der Waals surface area contributed by atoms with E-state index in [0.29, 0.717) is 6.42 Å². The van der Waals surface area contributed by atoms with Crippen molar-refractivity contribution < 1.29 is 52.6 Å². The lowest BCUT2D eigenvalue weighted by molar-refractivity contribution is -0.385. The molecule has 3 aliphatic rings. The molecule has 3 heterocycles. The first kappa shape index (κ1) is 50.6. The lowest BCUT2D eigenvalue weighted by atomic mass is 9.80. The first-order chi connectivity index (χ1) is 32.7. The maximum atomic E-state index is 15.3. The fourth-order valence-electron chi connectivity index (χ4n) is 9.49. The predicted molar refractivity (Wildman–Crippen MR) is 255 cm³/mol. The number of Topliss-reactive ketones (excluding diaryl/α,β-unsaturated/α-hetero) is 1. The summed E-state index contributed by atoms with van der Waals surface area (Å²) < 4.78 is 54.6. The normalized spacial score (nSPS) is 30.2. The first-order valence-electron chi connectivity index (χ1n) is 24.8. The Morgan fingerprint density at radius 1 is 0.612 bits per heavy atom. The fourth-order valence-corrected chi connectivity index (χ4v) is 9.49. The molecule has 3 aliphatic heterocycles. The fraction of sp³-hybridized carbons (Fsp3) is 0.536. The highest BCUT2D eigenvalue weighted by Crippen LogP contribution is 2.41. The summed E-state index contributed by atoms with van der Waals surface area (Å²) in [6.45, 7) is 6.48. The Morgan fingerprint density at radius 2 is 1.12 bits per heavy atom. The van der Waals surface area contributed by atoms with Crippen molar-refractivity contribution in [3.8, 4) is 0 Å². The number of carbonyl (C=O) groups is 2. The summed E-state index contributed by atoms with van der Waals surface area (Å²) in [4.78, 5) is 29.3. The second kappa shape index (κ2) is 25.9. The van der Waals surface area contributed by atoms with Crippen molar-refractivity contribution >= 4 is 11.8 Å². The molecule has 0 radical (unpaired) electrons. The molecule has 3 fully saturated rings. The number of hydrogen-bond donors (Lipinski definition) is 1. The van der Waals surface area contributed by atoms with E-state index in [1.165, 1.54) is 0 Å². The van der Waals surface area contributed by atoms with Gasteiger partial charge in [-0.15, -0.1) is 0 Å². The van der Waals surface area contributed by atoms with Crippen LogP contribution in [-0.4, -0.2) is 83.9 Å². The number of ether oxygens (including phenoxy) is 8. The average Bonchev–Trinajstić information content (AvgIpc) is 3.35. The number of unbranched alkanes of at least 4 members (excludes halogenated alkanes) is 2. The minimum Gasteiger partial charge on any atom is -0.456 e. The van der Waals surface area contributed by atoms with E-state index >= 15 is 4.79 Å². The number of carbonyl (C=O) groups excluding carboxylic acids is 2. The van der Waals surface area contributed by atoms with Gasteiger partial charge in [-0.25, -0.2) is 0 Å². The Labute approximate surface area is 397 Å². The van der Waals surface area contributed by atoms with E-state index in [1.54, 1.807) is 37.3 Å². The molecule has 0 spiro atoms. The highest BCUT2D eigenvalue weighted by atomic mass is 16.8. The standard InChI is InChI=1S/C56H72O11/c1-4-5-15-34-46-35-24-9-7-6-8-10-25-36-47(57)66-53-49(61-38-43-28-18-12-19-29-43)41(3)64-55(56(53,59)52(58)45-32-22-14-23-33-45)67-51-50(62-39-44-30-20-13-21-31-44)48(40(2)63-54(51)65-46)60-37-42-26-16-11-17-27-42/h11-14,16-23,26-33,40-41,46,48-51,53-55,59H,4-10,15,24-25,34-39H2,1-3H3/t40-,41-,46?,48-,49-,50+,51-,53+,54+,55+,56-/m1/s1. The molecule has 0 saturated carbocycles. The van der Waals surface area contributed by atoms with Crippen molar-refractivity contribution in [3.63, 3.8) is 0 Å². The van der Waals surface area contributed by atoms with Crippen molar-refractivity contribution in [2.45, 2.75) is 191 Å². The third-order valence-electron chi connectivity index (χ3n) is 13.3. The zero-order chi connectivity index (χ0) is 46.9. The van der Waals surface area contributed by atoms with Crippen LogP contribution < -0.4 is 0 Å². The Morgan fingerprint density at radius 3 is 1.70 bits per heavy atom. The molecule has 67 heavy (non-hydrogen) atoms. The van der Waals surface area contributed by atoms with Crippen molar-refractivity contribution in [2.24, 2.45) is 0 Å². The summed E-state index contributed by atoms with van der Waals surface area (Å²) in [5.74, 6) is -1.30. The lowest BCUT2D eigenvalue weighted by Crippen LogP contribution is -2.72. The number of esters is 1. The van der Waals surface area contributed by atoms with E-state index in [1.807, 2.05) is 97.9 Å². The average molecular weight is 921 g/mol. The van der Waals surface area contributed by atoms with Crippen LogP contribution in [0, 0.1) is 0 Å². The van der Waals surface area contributed by atoms with Gasteiger partial charge in [-0.1, -0.05) is 186 Å². The van der Waals surface area contributed by atoms with Crippen LogP contribution in [0.2, 0.25) is 0 Å². The third kappa shape index (κ3) is 13.9. The van der Waals surface area contributed by atoms with Crippen LogP contribution in [0.3, 0.4) is 0 Å². The molecule has 7 rings (SSSR count). The second-order valence-corrected chi connectivity index (χ2v) is 18.5. The van der Waals surface area contributed by atoms with E-state index < -0.39 is 72.7 Å². The number of benzene rings is 4. The summed E-state index contributed by atoms with van der Waals surface area (Å²) in [6.07, 6.45) is 1.85. The Hall–Kier alpha value is -4.30. The monoisotopic (exact) mass is 921 g/mol. The van der Waals surface area contributed by atoms with E-state index in [0.717, 1.165) is 87.3 Å². The predicted octanol–water partition coefficient (Wildman–Crippen LogP) is 10.6. The smallest absolute Gasteiger partial charge is 0.306 e. The topological polar surface area (TPSA) is 128 Å². The van der Waals surface area contributed by atoms with Gasteiger partial charge in [0.15, 0.2) is 18.7 Å². The SMILES string of the molecule is CCCCCC1CCCCCCCCCC(=O)O[C@H]2[C@H](OCc3ccccc3)[C@@H](C)O[C@@H](O[C@H]3[C@H](O1)O[C@H](C)[C@@H](OCc1ccccc1)[C@@H]3OCc1ccccc1)[C@@]2(O)C(=O)c1ccccc1. The molecule has 2 bridgehead atoms. The molecule has 0 amide bonds. The maximum absolute atomic E-state index is 15.3. The van der Waals surface area contributed by atoms with Crippen molar-refractivity contribution in [3.05, 3.63) is 144 Å². The number of hydrogen-bond acceptors (Lipinski definition) is 11. The van der Waals surface area contributed by atoms with Gasteiger partial charge >= 0.3 is 5.97 Å². The summed E-state index contributed by atoms with van der Waals surface area (Å²) in [7, 11) is 0. The Balaban J connectivity index is 1.33. The van der Waals surface area contributed by atoms with E-state index in [2.05, 4.69) is 6.92 Å². The van der Waals surface area contributed by atoms with Crippen LogP contribution in [0.15, 0.2) is 121 Å². The van der Waals surface area contributed by atoms with Gasteiger partial charge in [0.05, 0.1) is 38.1 Å². The van der Waals surface area contributed by atoms with Crippen LogP contribution in [0.1, 0.15) is 131 Å². The van der Waals surface area contributed by atoms with Gasteiger partial charge in [0.25, 0.3) is 0 Å². The van der Waals surface area contributed by atoms with Gasteiger partial charge in [0.1, 0.15) is 24.4 Å². The second-order valence-electron chi connectivity index (χ2n) is 18.5. The Bertz CT molecular complexity index is 2040. The van der Waals surface area contributed by atoms with Crippen LogP contribution in [0.25, 0.3) is 0 Å². The maximum Gasteiger partial charge on any atom is 0.306 e. The summed E-state index contributed by atoms with van der Waals surface area (Å²) in [6, 6.07) is 37.8. The van der Waals surface area contributed by atoms with Crippen LogP contribution in [0.5, 0.6) is 0 Å². The molecule has 0 aliphatic carbocycles. The highest BCUT2D eigenvalue weighted by Gasteiger charge is 2.64. The molecule has 4 aromatic rings.